The quantitative estimate of drug-likeness (QED) is 0.349. The number of ether oxygens (including phenoxy) is 2. The average Bonchev–Trinajstić information content (AvgIpc) is 3.55. The first-order valence-electron chi connectivity index (χ1n) is 10.3. The highest BCUT2D eigenvalue weighted by Gasteiger charge is 2.13. The van der Waals surface area contributed by atoms with Gasteiger partial charge in [0.25, 0.3) is 0 Å². The smallest absolute Gasteiger partial charge is 0.179 e. The van der Waals surface area contributed by atoms with E-state index in [1.54, 1.807) is 32.2 Å². The van der Waals surface area contributed by atoms with Crippen molar-refractivity contribution in [1.29, 1.82) is 0 Å². The van der Waals surface area contributed by atoms with Gasteiger partial charge in [-0.15, -0.1) is 10.2 Å². The zero-order valence-electron chi connectivity index (χ0n) is 18.1. The number of fused-ring (bicyclic) bond motifs is 1. The topological polar surface area (TPSA) is 103 Å². The third kappa shape index (κ3) is 4.51. The lowest BCUT2D eigenvalue weighted by molar-refractivity contribution is 0.355. The molecule has 5 aromatic rings. The molecule has 9 nitrogen and oxygen atoms in total. The molecule has 3 aromatic heterocycles. The summed E-state index contributed by atoms with van der Waals surface area (Å²) < 4.78 is 12.8. The largest absolute Gasteiger partial charge is 0.493 e. The van der Waals surface area contributed by atoms with Crippen LogP contribution in [0.2, 0.25) is 0 Å². The molecule has 0 amide bonds. The van der Waals surface area contributed by atoms with Gasteiger partial charge in [-0.1, -0.05) is 29.1 Å². The van der Waals surface area contributed by atoms with Crippen molar-refractivity contribution in [2.45, 2.75) is 22.9 Å². The number of aromatic amines is 1. The summed E-state index contributed by atoms with van der Waals surface area (Å²) in [5.41, 5.74) is 3.78. The van der Waals surface area contributed by atoms with Crippen LogP contribution in [0.4, 0.5) is 0 Å². The molecule has 0 aliphatic rings. The Morgan fingerprint density at radius 3 is 2.58 bits per heavy atom. The number of imidazole rings is 1. The van der Waals surface area contributed by atoms with Crippen molar-refractivity contribution in [3.8, 4) is 22.8 Å². The number of tetrazole rings is 1. The highest BCUT2D eigenvalue weighted by atomic mass is 32.2. The van der Waals surface area contributed by atoms with E-state index in [4.69, 9.17) is 14.5 Å². The Balaban J connectivity index is 1.41. The number of aryl methyl sites for hydroxylation is 2. The summed E-state index contributed by atoms with van der Waals surface area (Å²) >= 11 is 1.59. The van der Waals surface area contributed by atoms with E-state index in [0.29, 0.717) is 17.3 Å². The molecule has 0 fully saturated rings. The molecule has 33 heavy (non-hydrogen) atoms. The van der Waals surface area contributed by atoms with E-state index in [0.717, 1.165) is 39.8 Å². The second-order valence-electron chi connectivity index (χ2n) is 7.22. The summed E-state index contributed by atoms with van der Waals surface area (Å²) in [5.74, 6) is 2.05. The molecule has 5 rings (SSSR count). The number of benzene rings is 2. The highest BCUT2D eigenvalue weighted by Crippen LogP contribution is 2.34. The number of hydrogen-bond donors (Lipinski definition) is 1. The van der Waals surface area contributed by atoms with E-state index in [1.165, 1.54) is 5.56 Å². The van der Waals surface area contributed by atoms with Gasteiger partial charge in [-0.2, -0.15) is 5.21 Å². The number of rotatable bonds is 8. The Labute approximate surface area is 194 Å². The Morgan fingerprint density at radius 2 is 1.82 bits per heavy atom. The van der Waals surface area contributed by atoms with Crippen LogP contribution in [0.25, 0.3) is 16.9 Å². The van der Waals surface area contributed by atoms with Gasteiger partial charge in [-0.3, -0.25) is 4.40 Å². The predicted molar refractivity (Wildman–Crippen MR) is 124 cm³/mol. The van der Waals surface area contributed by atoms with Gasteiger partial charge < -0.3 is 9.47 Å². The second-order valence-corrected chi connectivity index (χ2v) is 8.26. The number of hydrogen-bond acceptors (Lipinski definition) is 8. The van der Waals surface area contributed by atoms with Gasteiger partial charge in [0.15, 0.2) is 22.5 Å². The van der Waals surface area contributed by atoms with Crippen LogP contribution in [-0.4, -0.2) is 49.2 Å². The maximum absolute atomic E-state index is 5.46. The zero-order valence-corrected chi connectivity index (χ0v) is 18.9. The number of nitrogens with one attached hydrogen (secondary N) is 1. The fraction of sp³-hybridized carbons (Fsp3) is 0.174. The zero-order chi connectivity index (χ0) is 22.6. The van der Waals surface area contributed by atoms with E-state index >= 15 is 0 Å². The minimum Gasteiger partial charge on any atom is -0.493 e. The fourth-order valence-corrected chi connectivity index (χ4v) is 4.36. The van der Waals surface area contributed by atoms with Crippen molar-refractivity contribution in [2.75, 3.05) is 14.2 Å². The molecule has 3 heterocycles. The van der Waals surface area contributed by atoms with Crippen LogP contribution in [0.3, 0.4) is 0 Å². The van der Waals surface area contributed by atoms with E-state index in [2.05, 4.69) is 49.9 Å². The van der Waals surface area contributed by atoms with Gasteiger partial charge in [-0.05, 0) is 42.3 Å². The van der Waals surface area contributed by atoms with Gasteiger partial charge in [0, 0.05) is 35.3 Å². The van der Waals surface area contributed by atoms with Crippen LogP contribution >= 0.6 is 11.8 Å². The molecule has 0 radical (unpaired) electrons. The summed E-state index contributed by atoms with van der Waals surface area (Å²) in [5, 5.41) is 14.9. The Hall–Kier alpha value is -3.92. The van der Waals surface area contributed by atoms with Crippen molar-refractivity contribution in [3.05, 3.63) is 72.3 Å². The van der Waals surface area contributed by atoms with Crippen LogP contribution in [0.15, 0.2) is 71.0 Å². The number of nitrogens with zero attached hydrogens (tertiary/aromatic N) is 6. The van der Waals surface area contributed by atoms with E-state index < -0.39 is 0 Å². The number of H-pyrrole nitrogens is 1. The van der Waals surface area contributed by atoms with Gasteiger partial charge >= 0.3 is 0 Å². The normalized spacial score (nSPS) is 11.1. The van der Waals surface area contributed by atoms with Crippen LogP contribution in [-0.2, 0) is 12.8 Å². The first-order chi connectivity index (χ1) is 16.2. The van der Waals surface area contributed by atoms with Gasteiger partial charge in [0.05, 0.1) is 19.9 Å². The lowest BCUT2D eigenvalue weighted by Crippen LogP contribution is -1.97. The molecule has 1 N–H and O–H groups in total. The van der Waals surface area contributed by atoms with Gasteiger partial charge in [-0.25, -0.2) is 9.97 Å². The Kier molecular flexibility index (Phi) is 5.90. The molecule has 0 saturated heterocycles. The number of methoxy groups -OCH3 is 2. The molecule has 0 aliphatic carbocycles. The minimum atomic E-state index is 0.658. The van der Waals surface area contributed by atoms with Crippen molar-refractivity contribution < 1.29 is 9.47 Å². The SMILES string of the molecule is COc1ccc(-c2cc3nccn3c(Sc3ccc(CCc4nn[nH]n4)cc3)n2)cc1OC. The highest BCUT2D eigenvalue weighted by molar-refractivity contribution is 7.99. The average molecular weight is 460 g/mol. The molecule has 0 atom stereocenters. The van der Waals surface area contributed by atoms with E-state index in [9.17, 15) is 0 Å². The van der Waals surface area contributed by atoms with Crippen LogP contribution < -0.4 is 9.47 Å². The Morgan fingerprint density at radius 1 is 0.970 bits per heavy atom. The molecule has 166 valence electrons. The molecule has 0 spiro atoms. The van der Waals surface area contributed by atoms with Crippen molar-refractivity contribution in [2.24, 2.45) is 0 Å². The molecule has 10 heteroatoms. The summed E-state index contributed by atoms with van der Waals surface area (Å²) in [6, 6.07) is 16.2. The van der Waals surface area contributed by atoms with E-state index in [1.807, 2.05) is 34.9 Å². The van der Waals surface area contributed by atoms with Crippen LogP contribution in [0, 0.1) is 0 Å². The van der Waals surface area contributed by atoms with Crippen LogP contribution in [0.1, 0.15) is 11.4 Å². The monoisotopic (exact) mass is 459 g/mol. The first kappa shape index (κ1) is 21.0. The summed E-state index contributed by atoms with van der Waals surface area (Å²) in [4.78, 5) is 10.5. The van der Waals surface area contributed by atoms with Gasteiger partial charge in [0.2, 0.25) is 0 Å². The first-order valence-corrected chi connectivity index (χ1v) is 11.1. The van der Waals surface area contributed by atoms with Crippen LogP contribution in [0.5, 0.6) is 11.5 Å². The van der Waals surface area contributed by atoms with Crippen molar-refractivity contribution in [3.63, 3.8) is 0 Å². The molecule has 0 saturated carbocycles. The third-order valence-corrected chi connectivity index (χ3v) is 6.17. The lowest BCUT2D eigenvalue weighted by Gasteiger charge is -2.11. The summed E-state index contributed by atoms with van der Waals surface area (Å²) in [6.45, 7) is 0. The molecular weight excluding hydrogens is 438 g/mol. The van der Waals surface area contributed by atoms with Crippen molar-refractivity contribution >= 4 is 17.4 Å². The van der Waals surface area contributed by atoms with Gasteiger partial charge in [0.1, 0.15) is 5.65 Å². The Bertz CT molecular complexity index is 1370. The summed E-state index contributed by atoms with van der Waals surface area (Å²) in [7, 11) is 3.25. The standard InChI is InChI=1S/C23H21N7O2S/c1-31-19-9-6-16(13-20(19)32-2)18-14-22-24-11-12-30(22)23(25-18)33-17-7-3-15(4-8-17)5-10-21-26-28-29-27-21/h3-4,6-9,11-14H,5,10H2,1-2H3,(H,26,27,28,29). The molecular formula is C23H21N7O2S. The molecule has 0 aliphatic heterocycles. The molecule has 0 bridgehead atoms. The maximum Gasteiger partial charge on any atom is 0.179 e. The maximum atomic E-state index is 5.46. The number of aromatic nitrogens is 7. The predicted octanol–water partition coefficient (Wildman–Crippen LogP) is 3.86. The van der Waals surface area contributed by atoms with E-state index in [-0.39, 0.29) is 0 Å². The fourth-order valence-electron chi connectivity index (χ4n) is 3.48. The molecule has 2 aromatic carbocycles. The summed E-state index contributed by atoms with van der Waals surface area (Å²) in [6.07, 6.45) is 5.29. The third-order valence-electron chi connectivity index (χ3n) is 5.20. The lowest BCUT2D eigenvalue weighted by atomic mass is 10.1. The minimum absolute atomic E-state index is 0.658. The molecule has 0 unspecified atom stereocenters. The van der Waals surface area contributed by atoms with Crippen molar-refractivity contribution in [1.82, 2.24) is 35.0 Å². The second kappa shape index (κ2) is 9.29.